The van der Waals surface area contributed by atoms with E-state index in [9.17, 15) is 9.90 Å². The predicted molar refractivity (Wildman–Crippen MR) is 81.9 cm³/mol. The molecule has 0 aliphatic heterocycles. The minimum Gasteiger partial charge on any atom is -0.508 e. The summed E-state index contributed by atoms with van der Waals surface area (Å²) in [6.45, 7) is 0.507. The molecule has 0 bridgehead atoms. The highest BCUT2D eigenvalue weighted by atomic mass is 16.3. The summed E-state index contributed by atoms with van der Waals surface area (Å²) in [7, 11) is 0. The molecule has 0 radical (unpaired) electrons. The van der Waals surface area contributed by atoms with E-state index >= 15 is 0 Å². The Morgan fingerprint density at radius 1 is 1.19 bits per heavy atom. The molecule has 1 aliphatic rings. The van der Waals surface area contributed by atoms with Gasteiger partial charge in [0.1, 0.15) is 5.75 Å². The van der Waals surface area contributed by atoms with Crippen LogP contribution in [0, 0.1) is 0 Å². The number of benzene rings is 2. The van der Waals surface area contributed by atoms with Crippen LogP contribution in [0.4, 0.5) is 5.69 Å². The smallest absolute Gasteiger partial charge is 0.254 e. The third kappa shape index (κ3) is 3.16. The summed E-state index contributed by atoms with van der Waals surface area (Å²) in [6.07, 6.45) is 2.07. The second-order valence-electron chi connectivity index (χ2n) is 5.46. The number of phenols is 1. The second kappa shape index (κ2) is 5.48. The van der Waals surface area contributed by atoms with Crippen molar-refractivity contribution in [3.05, 3.63) is 59.7 Å². The number of aromatic hydroxyl groups is 1. The van der Waals surface area contributed by atoms with Crippen LogP contribution < -0.4 is 5.73 Å². The minimum atomic E-state index is -0.00635. The summed E-state index contributed by atoms with van der Waals surface area (Å²) >= 11 is 0. The van der Waals surface area contributed by atoms with Gasteiger partial charge >= 0.3 is 0 Å². The SMILES string of the molecule is Nc1cccc(C(=O)N(Cc2cccc(O)c2)C2CC2)c1. The molecule has 3 N–H and O–H groups in total. The van der Waals surface area contributed by atoms with Crippen LogP contribution in [0.15, 0.2) is 48.5 Å². The van der Waals surface area contributed by atoms with Gasteiger partial charge in [-0.3, -0.25) is 4.79 Å². The van der Waals surface area contributed by atoms with Crippen molar-refractivity contribution in [1.82, 2.24) is 4.90 Å². The zero-order valence-corrected chi connectivity index (χ0v) is 11.7. The number of nitrogens with two attached hydrogens (primary N) is 1. The van der Waals surface area contributed by atoms with E-state index in [0.717, 1.165) is 18.4 Å². The van der Waals surface area contributed by atoms with Crippen LogP contribution in [0.1, 0.15) is 28.8 Å². The molecular weight excluding hydrogens is 264 g/mol. The van der Waals surface area contributed by atoms with Crippen molar-refractivity contribution in [2.24, 2.45) is 0 Å². The van der Waals surface area contributed by atoms with E-state index < -0.39 is 0 Å². The van der Waals surface area contributed by atoms with Crippen LogP contribution in [0.5, 0.6) is 5.75 Å². The molecular formula is C17H18N2O2. The minimum absolute atomic E-state index is 0.00635. The maximum atomic E-state index is 12.7. The maximum absolute atomic E-state index is 12.7. The zero-order chi connectivity index (χ0) is 14.8. The quantitative estimate of drug-likeness (QED) is 0.847. The molecule has 2 aromatic rings. The van der Waals surface area contributed by atoms with Gasteiger partial charge in [0.15, 0.2) is 0 Å². The standard InChI is InChI=1S/C17H18N2O2/c18-14-5-2-4-13(10-14)17(21)19(15-7-8-15)11-12-3-1-6-16(20)9-12/h1-6,9-10,15,20H,7-8,11,18H2. The first-order valence-electron chi connectivity index (χ1n) is 7.08. The van der Waals surface area contributed by atoms with Crippen molar-refractivity contribution in [3.63, 3.8) is 0 Å². The molecule has 0 heterocycles. The van der Waals surface area contributed by atoms with Crippen LogP contribution >= 0.6 is 0 Å². The molecule has 21 heavy (non-hydrogen) atoms. The van der Waals surface area contributed by atoms with Crippen molar-refractivity contribution in [3.8, 4) is 5.75 Å². The van der Waals surface area contributed by atoms with Gasteiger partial charge in [-0.2, -0.15) is 0 Å². The molecule has 3 rings (SSSR count). The molecule has 1 amide bonds. The van der Waals surface area contributed by atoms with E-state index in [1.54, 1.807) is 42.5 Å². The fourth-order valence-electron chi connectivity index (χ4n) is 2.44. The third-order valence-electron chi connectivity index (χ3n) is 3.65. The summed E-state index contributed by atoms with van der Waals surface area (Å²) in [4.78, 5) is 14.5. The Morgan fingerprint density at radius 2 is 1.95 bits per heavy atom. The summed E-state index contributed by atoms with van der Waals surface area (Å²) in [5, 5.41) is 9.55. The molecule has 1 fully saturated rings. The first-order chi connectivity index (χ1) is 10.1. The van der Waals surface area contributed by atoms with Gasteiger partial charge in [-0.25, -0.2) is 0 Å². The van der Waals surface area contributed by atoms with Crippen LogP contribution in [0.2, 0.25) is 0 Å². The third-order valence-corrected chi connectivity index (χ3v) is 3.65. The normalized spacial score (nSPS) is 13.9. The van der Waals surface area contributed by atoms with Crippen molar-refractivity contribution in [1.29, 1.82) is 0 Å². The summed E-state index contributed by atoms with van der Waals surface area (Å²) in [5.41, 5.74) is 7.89. The van der Waals surface area contributed by atoms with E-state index in [0.29, 0.717) is 23.8 Å². The summed E-state index contributed by atoms with van der Waals surface area (Å²) < 4.78 is 0. The zero-order valence-electron chi connectivity index (χ0n) is 11.7. The molecule has 0 spiro atoms. The van der Waals surface area contributed by atoms with Crippen LogP contribution in [-0.4, -0.2) is 22.0 Å². The van der Waals surface area contributed by atoms with Gasteiger partial charge in [0.2, 0.25) is 0 Å². The number of nitrogen functional groups attached to an aromatic ring is 1. The molecule has 0 unspecified atom stereocenters. The molecule has 2 aromatic carbocycles. The average molecular weight is 282 g/mol. The van der Waals surface area contributed by atoms with E-state index in [2.05, 4.69) is 0 Å². The lowest BCUT2D eigenvalue weighted by Crippen LogP contribution is -2.32. The average Bonchev–Trinajstić information content (AvgIpc) is 3.29. The first-order valence-corrected chi connectivity index (χ1v) is 7.08. The molecule has 1 aliphatic carbocycles. The van der Waals surface area contributed by atoms with Gasteiger partial charge in [-0.1, -0.05) is 18.2 Å². The second-order valence-corrected chi connectivity index (χ2v) is 5.46. The highest BCUT2D eigenvalue weighted by Gasteiger charge is 2.33. The molecule has 0 atom stereocenters. The van der Waals surface area contributed by atoms with Crippen LogP contribution in [-0.2, 0) is 6.54 Å². The van der Waals surface area contributed by atoms with Gasteiger partial charge in [-0.05, 0) is 48.7 Å². The number of anilines is 1. The number of amides is 1. The Kier molecular flexibility index (Phi) is 3.52. The van der Waals surface area contributed by atoms with Crippen molar-refractivity contribution >= 4 is 11.6 Å². The van der Waals surface area contributed by atoms with E-state index in [-0.39, 0.29) is 11.7 Å². The van der Waals surface area contributed by atoms with Crippen molar-refractivity contribution in [2.45, 2.75) is 25.4 Å². The Hall–Kier alpha value is -2.49. The van der Waals surface area contributed by atoms with Gasteiger partial charge in [-0.15, -0.1) is 0 Å². The van der Waals surface area contributed by atoms with Gasteiger partial charge in [0.05, 0.1) is 0 Å². The lowest BCUT2D eigenvalue weighted by Gasteiger charge is -2.23. The van der Waals surface area contributed by atoms with Crippen molar-refractivity contribution in [2.75, 3.05) is 5.73 Å². The number of carbonyl (C=O) groups excluding carboxylic acids is 1. The first kappa shape index (κ1) is 13.5. The molecule has 0 saturated heterocycles. The largest absolute Gasteiger partial charge is 0.508 e. The molecule has 108 valence electrons. The lowest BCUT2D eigenvalue weighted by molar-refractivity contribution is 0.0730. The highest BCUT2D eigenvalue weighted by Crippen LogP contribution is 2.30. The fraction of sp³-hybridized carbons (Fsp3) is 0.235. The Bertz CT molecular complexity index is 665. The lowest BCUT2D eigenvalue weighted by atomic mass is 10.1. The predicted octanol–water partition coefficient (Wildman–Crippen LogP) is 2.78. The maximum Gasteiger partial charge on any atom is 0.254 e. The number of carbonyl (C=O) groups is 1. The topological polar surface area (TPSA) is 66.6 Å². The highest BCUT2D eigenvalue weighted by molar-refractivity contribution is 5.95. The number of hydrogen-bond acceptors (Lipinski definition) is 3. The Balaban J connectivity index is 1.83. The van der Waals surface area contributed by atoms with Crippen molar-refractivity contribution < 1.29 is 9.90 Å². The number of hydrogen-bond donors (Lipinski definition) is 2. The monoisotopic (exact) mass is 282 g/mol. The van der Waals surface area contributed by atoms with Crippen LogP contribution in [0.25, 0.3) is 0 Å². The van der Waals surface area contributed by atoms with E-state index in [4.69, 9.17) is 5.73 Å². The number of rotatable bonds is 4. The molecule has 0 aromatic heterocycles. The fourth-order valence-corrected chi connectivity index (χ4v) is 2.44. The van der Waals surface area contributed by atoms with E-state index in [1.807, 2.05) is 11.0 Å². The number of phenolic OH excluding ortho intramolecular Hbond substituents is 1. The summed E-state index contributed by atoms with van der Waals surface area (Å²) in [5.74, 6) is 0.216. The number of nitrogens with zero attached hydrogens (tertiary/aromatic N) is 1. The molecule has 4 nitrogen and oxygen atoms in total. The van der Waals surface area contributed by atoms with Gasteiger partial charge in [0, 0.05) is 23.8 Å². The van der Waals surface area contributed by atoms with Crippen LogP contribution in [0.3, 0.4) is 0 Å². The Labute approximate surface area is 123 Å². The summed E-state index contributed by atoms with van der Waals surface area (Å²) in [6, 6.07) is 14.4. The molecule has 4 heteroatoms. The van der Waals surface area contributed by atoms with Gasteiger partial charge in [0.25, 0.3) is 5.91 Å². The van der Waals surface area contributed by atoms with Gasteiger partial charge < -0.3 is 15.7 Å². The Morgan fingerprint density at radius 3 is 2.62 bits per heavy atom. The van der Waals surface area contributed by atoms with E-state index in [1.165, 1.54) is 0 Å². The molecule has 1 saturated carbocycles.